The molecule has 0 rings (SSSR count). The first-order chi connectivity index (χ1) is 13.6. The highest BCUT2D eigenvalue weighted by molar-refractivity contribution is 7.85. The van der Waals surface area contributed by atoms with E-state index in [1.807, 2.05) is 6.92 Å². The average molecular weight is 437 g/mol. The van der Waals surface area contributed by atoms with Gasteiger partial charge in [0.25, 0.3) is 6.72 Å². The molecule has 0 aromatic rings. The van der Waals surface area contributed by atoms with Crippen LogP contribution in [-0.2, 0) is 9.09 Å². The summed E-state index contributed by atoms with van der Waals surface area (Å²) < 4.78 is 16.8. The molecule has 170 valence electrons. The summed E-state index contributed by atoms with van der Waals surface area (Å²) in [7, 11) is 0. The zero-order valence-corrected chi connectivity index (χ0v) is 20.8. The quantitative estimate of drug-likeness (QED) is 0.117. The van der Waals surface area contributed by atoms with Gasteiger partial charge in [0.2, 0.25) is 0 Å². The van der Waals surface area contributed by atoms with Gasteiger partial charge in [-0.3, -0.25) is 4.57 Å². The zero-order chi connectivity index (χ0) is 20.8. The van der Waals surface area contributed by atoms with Crippen molar-refractivity contribution >= 4 is 18.0 Å². The molecule has 0 aliphatic rings. The maximum Gasteiger partial charge on any atom is 0.290 e. The van der Waals surface area contributed by atoms with Crippen LogP contribution in [0.15, 0.2) is 0 Å². The highest BCUT2D eigenvalue weighted by atomic mass is 35.7. The van der Waals surface area contributed by atoms with Gasteiger partial charge >= 0.3 is 0 Å². The topological polar surface area (TPSA) is 26.3 Å². The first-order valence-corrected chi connectivity index (χ1v) is 15.3. The predicted molar refractivity (Wildman–Crippen MR) is 128 cm³/mol. The van der Waals surface area contributed by atoms with E-state index in [-0.39, 0.29) is 0 Å². The SMILES string of the molecule is CCCCCCCCCCCCCCCCCCCCCCP(=O)(Cl)OCC. The van der Waals surface area contributed by atoms with Crippen molar-refractivity contribution in [2.75, 3.05) is 12.8 Å². The molecule has 0 amide bonds. The molecule has 1 atom stereocenters. The van der Waals surface area contributed by atoms with E-state index in [1.165, 1.54) is 116 Å². The average Bonchev–Trinajstić information content (AvgIpc) is 2.66. The lowest BCUT2D eigenvalue weighted by atomic mass is 10.0. The standard InChI is InChI=1S/C24H50ClO2P/c1-3-5-6-7-8-9-10-11-12-13-14-15-16-17-18-19-20-21-22-23-24-28(25,26)27-4-2/h3-24H2,1-2H3. The van der Waals surface area contributed by atoms with E-state index in [0.717, 1.165) is 12.8 Å². The van der Waals surface area contributed by atoms with E-state index < -0.39 is 6.72 Å². The molecule has 0 saturated carbocycles. The molecule has 0 heterocycles. The number of hydrogen-bond acceptors (Lipinski definition) is 2. The van der Waals surface area contributed by atoms with Crippen molar-refractivity contribution in [3.8, 4) is 0 Å². The van der Waals surface area contributed by atoms with Gasteiger partial charge in [-0.25, -0.2) is 0 Å². The van der Waals surface area contributed by atoms with Crippen molar-refractivity contribution in [1.29, 1.82) is 0 Å². The molecule has 0 aliphatic carbocycles. The third kappa shape index (κ3) is 22.8. The first-order valence-electron chi connectivity index (χ1n) is 12.6. The van der Waals surface area contributed by atoms with Gasteiger partial charge in [-0.05, 0) is 24.6 Å². The second-order valence-corrected chi connectivity index (χ2v) is 11.9. The lowest BCUT2D eigenvalue weighted by molar-refractivity contribution is 0.344. The van der Waals surface area contributed by atoms with Gasteiger partial charge in [0.05, 0.1) is 6.61 Å². The van der Waals surface area contributed by atoms with Crippen molar-refractivity contribution in [2.24, 2.45) is 0 Å². The molecule has 0 bridgehead atoms. The molecule has 28 heavy (non-hydrogen) atoms. The van der Waals surface area contributed by atoms with Crippen LogP contribution in [0, 0.1) is 0 Å². The molecule has 1 unspecified atom stereocenters. The lowest BCUT2D eigenvalue weighted by Crippen LogP contribution is -1.90. The summed E-state index contributed by atoms with van der Waals surface area (Å²) in [5, 5.41) is 0. The second kappa shape index (κ2) is 22.2. The van der Waals surface area contributed by atoms with Gasteiger partial charge in [-0.1, -0.05) is 129 Å². The second-order valence-electron chi connectivity index (χ2n) is 8.45. The number of unbranched alkanes of at least 4 members (excludes halogenated alkanes) is 19. The van der Waals surface area contributed by atoms with Gasteiger partial charge < -0.3 is 4.52 Å². The van der Waals surface area contributed by atoms with E-state index in [9.17, 15) is 4.57 Å². The van der Waals surface area contributed by atoms with E-state index >= 15 is 0 Å². The summed E-state index contributed by atoms with van der Waals surface area (Å²) in [6.45, 7) is 1.76. The molecule has 0 aromatic heterocycles. The fourth-order valence-electron chi connectivity index (χ4n) is 3.81. The minimum Gasteiger partial charge on any atom is -0.318 e. The minimum absolute atomic E-state index is 0.444. The van der Waals surface area contributed by atoms with Crippen LogP contribution in [-0.4, -0.2) is 12.8 Å². The Kier molecular flexibility index (Phi) is 22.6. The number of hydrogen-bond donors (Lipinski definition) is 0. The van der Waals surface area contributed by atoms with E-state index in [1.54, 1.807) is 0 Å². The smallest absolute Gasteiger partial charge is 0.290 e. The predicted octanol–water partition coefficient (Wildman–Crippen LogP) is 10.3. The normalized spacial score (nSPS) is 13.7. The van der Waals surface area contributed by atoms with Crippen LogP contribution >= 0.6 is 18.0 Å². The van der Waals surface area contributed by atoms with Crippen molar-refractivity contribution < 1.29 is 9.09 Å². The molecule has 0 saturated heterocycles. The molecule has 2 nitrogen and oxygen atoms in total. The fourth-order valence-corrected chi connectivity index (χ4v) is 5.58. The molecule has 0 N–H and O–H groups in total. The Labute approximate surface area is 182 Å². The monoisotopic (exact) mass is 436 g/mol. The molecular weight excluding hydrogens is 387 g/mol. The molecule has 0 aromatic carbocycles. The third-order valence-electron chi connectivity index (χ3n) is 5.60. The van der Waals surface area contributed by atoms with E-state index in [2.05, 4.69) is 6.92 Å². The summed E-state index contributed by atoms with van der Waals surface area (Å²) in [6, 6.07) is 0. The molecule has 0 fully saturated rings. The van der Waals surface area contributed by atoms with Crippen LogP contribution in [0.4, 0.5) is 0 Å². The van der Waals surface area contributed by atoms with Gasteiger partial charge in [0, 0.05) is 6.16 Å². The Bertz CT molecular complexity index is 349. The van der Waals surface area contributed by atoms with E-state index in [0.29, 0.717) is 12.8 Å². The van der Waals surface area contributed by atoms with Crippen LogP contribution in [0.2, 0.25) is 0 Å². The van der Waals surface area contributed by atoms with Crippen LogP contribution in [0.5, 0.6) is 0 Å². The van der Waals surface area contributed by atoms with Gasteiger partial charge in [0.15, 0.2) is 0 Å². The van der Waals surface area contributed by atoms with Crippen LogP contribution in [0.1, 0.15) is 142 Å². The third-order valence-corrected chi connectivity index (χ3v) is 7.89. The van der Waals surface area contributed by atoms with Crippen LogP contribution < -0.4 is 0 Å². The molecule has 0 aliphatic heterocycles. The Balaban J connectivity index is 3.10. The van der Waals surface area contributed by atoms with Crippen molar-refractivity contribution in [2.45, 2.75) is 142 Å². The lowest BCUT2D eigenvalue weighted by Gasteiger charge is -2.09. The summed E-state index contributed by atoms with van der Waals surface area (Å²) in [5.41, 5.74) is 0. The maximum atomic E-state index is 11.7. The first kappa shape index (κ1) is 28.5. The Morgan fingerprint density at radius 1 is 0.536 bits per heavy atom. The van der Waals surface area contributed by atoms with Crippen molar-refractivity contribution in [3.63, 3.8) is 0 Å². The number of halogens is 1. The largest absolute Gasteiger partial charge is 0.318 e. The van der Waals surface area contributed by atoms with Gasteiger partial charge in [-0.15, -0.1) is 0 Å². The molecule has 0 spiro atoms. The summed E-state index contributed by atoms with van der Waals surface area (Å²) in [4.78, 5) is 0. The van der Waals surface area contributed by atoms with Crippen LogP contribution in [0.25, 0.3) is 0 Å². The Hall–Kier alpha value is 0.480. The van der Waals surface area contributed by atoms with Gasteiger partial charge in [-0.2, -0.15) is 0 Å². The summed E-state index contributed by atoms with van der Waals surface area (Å²) in [5.74, 6) is 0. The van der Waals surface area contributed by atoms with Crippen molar-refractivity contribution in [3.05, 3.63) is 0 Å². The highest BCUT2D eigenvalue weighted by Gasteiger charge is 2.17. The number of rotatable bonds is 23. The highest BCUT2D eigenvalue weighted by Crippen LogP contribution is 2.52. The van der Waals surface area contributed by atoms with E-state index in [4.69, 9.17) is 15.8 Å². The fraction of sp³-hybridized carbons (Fsp3) is 1.00. The molecular formula is C24H50ClO2P. The molecule has 0 radical (unpaired) electrons. The minimum atomic E-state index is -2.81. The maximum absolute atomic E-state index is 11.7. The Morgan fingerprint density at radius 2 is 0.821 bits per heavy atom. The Morgan fingerprint density at radius 3 is 1.11 bits per heavy atom. The summed E-state index contributed by atoms with van der Waals surface area (Å²) in [6.07, 6.45) is 28.0. The van der Waals surface area contributed by atoms with Crippen molar-refractivity contribution in [1.82, 2.24) is 0 Å². The van der Waals surface area contributed by atoms with Gasteiger partial charge in [0.1, 0.15) is 0 Å². The zero-order valence-electron chi connectivity index (χ0n) is 19.2. The molecule has 4 heteroatoms. The van der Waals surface area contributed by atoms with Crippen LogP contribution in [0.3, 0.4) is 0 Å². The summed E-state index contributed by atoms with van der Waals surface area (Å²) >= 11 is 5.86.